The van der Waals surface area contributed by atoms with Crippen molar-refractivity contribution in [2.45, 2.75) is 6.61 Å². The van der Waals surface area contributed by atoms with Crippen LogP contribution in [-0.4, -0.2) is 6.61 Å². The number of para-hydroxylation sites is 2. The third-order valence-corrected chi connectivity index (χ3v) is 3.06. The number of ether oxygens (including phenoxy) is 1. The molecule has 0 aliphatic heterocycles. The zero-order chi connectivity index (χ0) is 13.8. The number of halogens is 3. The molecule has 0 atom stereocenters. The molecule has 0 radical (unpaired) electrons. The first-order valence-electron chi connectivity index (χ1n) is 5.42. The van der Waals surface area contributed by atoms with Gasteiger partial charge in [0.1, 0.15) is 5.75 Å². The monoisotopic (exact) mass is 376 g/mol. The maximum absolute atomic E-state index is 12.3. The summed E-state index contributed by atoms with van der Waals surface area (Å²) >= 11 is 2.14. The van der Waals surface area contributed by atoms with Crippen molar-refractivity contribution in [3.63, 3.8) is 0 Å². The van der Waals surface area contributed by atoms with Gasteiger partial charge in [-0.1, -0.05) is 12.1 Å². The summed E-state index contributed by atoms with van der Waals surface area (Å²) in [7, 11) is 0. The zero-order valence-electron chi connectivity index (χ0n) is 9.74. The van der Waals surface area contributed by atoms with E-state index in [0.29, 0.717) is 17.1 Å². The zero-order valence-corrected chi connectivity index (χ0v) is 11.9. The molecule has 0 aromatic heterocycles. The smallest absolute Gasteiger partial charge is 0.387 e. The molecule has 0 fully saturated rings. The van der Waals surface area contributed by atoms with Gasteiger partial charge in [0.15, 0.2) is 0 Å². The normalized spacial score (nSPS) is 10.5. The molecule has 2 aromatic carbocycles. The summed E-state index contributed by atoms with van der Waals surface area (Å²) in [5.41, 5.74) is 7.49. The molecule has 0 aliphatic carbocycles. The second kappa shape index (κ2) is 6.05. The van der Waals surface area contributed by atoms with Crippen LogP contribution in [0.4, 0.5) is 25.8 Å². The first kappa shape index (κ1) is 13.9. The molecule has 0 aliphatic rings. The highest BCUT2D eigenvalue weighted by atomic mass is 127. The third kappa shape index (κ3) is 3.69. The lowest BCUT2D eigenvalue weighted by Gasteiger charge is -2.14. The van der Waals surface area contributed by atoms with E-state index in [1.54, 1.807) is 30.3 Å². The highest BCUT2D eigenvalue weighted by Gasteiger charge is 2.10. The number of alkyl halides is 2. The first-order chi connectivity index (χ1) is 9.06. The van der Waals surface area contributed by atoms with Gasteiger partial charge in [-0.2, -0.15) is 8.78 Å². The molecule has 3 N–H and O–H groups in total. The van der Waals surface area contributed by atoms with Gasteiger partial charge in [-0.25, -0.2) is 0 Å². The average Bonchev–Trinajstić information content (AvgIpc) is 2.34. The lowest BCUT2D eigenvalue weighted by atomic mass is 10.2. The standard InChI is InChI=1S/C13H11F2IN2O/c14-13(15)19-12-4-2-1-3-11(12)18-10-6-5-8(16)7-9(10)17/h1-7,13,18H,17H2. The van der Waals surface area contributed by atoms with Crippen LogP contribution >= 0.6 is 22.6 Å². The Hall–Kier alpha value is -1.57. The van der Waals surface area contributed by atoms with Crippen molar-refractivity contribution in [1.82, 2.24) is 0 Å². The Bertz CT molecular complexity index is 578. The number of nitrogens with one attached hydrogen (secondary N) is 1. The molecular weight excluding hydrogens is 365 g/mol. The largest absolute Gasteiger partial charge is 0.433 e. The lowest BCUT2D eigenvalue weighted by molar-refractivity contribution is -0.0493. The first-order valence-corrected chi connectivity index (χ1v) is 6.50. The van der Waals surface area contributed by atoms with Crippen LogP contribution in [0.2, 0.25) is 0 Å². The second-order valence-electron chi connectivity index (χ2n) is 3.73. The summed E-state index contributed by atoms with van der Waals surface area (Å²) in [4.78, 5) is 0. The van der Waals surface area contributed by atoms with Crippen LogP contribution in [0.3, 0.4) is 0 Å². The SMILES string of the molecule is Nc1cc(I)ccc1Nc1ccccc1OC(F)F. The minimum absolute atomic E-state index is 0.0791. The Labute approximate surface area is 122 Å². The third-order valence-electron chi connectivity index (χ3n) is 2.39. The second-order valence-corrected chi connectivity index (χ2v) is 4.98. The van der Waals surface area contributed by atoms with E-state index in [4.69, 9.17) is 5.73 Å². The number of hydrogen-bond acceptors (Lipinski definition) is 3. The molecule has 0 saturated carbocycles. The van der Waals surface area contributed by atoms with E-state index in [1.807, 2.05) is 6.07 Å². The topological polar surface area (TPSA) is 47.3 Å². The van der Waals surface area contributed by atoms with Crippen LogP contribution in [0.15, 0.2) is 42.5 Å². The molecule has 100 valence electrons. The van der Waals surface area contributed by atoms with E-state index in [0.717, 1.165) is 3.57 Å². The predicted octanol–water partition coefficient (Wildman–Crippen LogP) is 4.22. The number of nitrogen functional groups attached to an aromatic ring is 1. The minimum Gasteiger partial charge on any atom is -0.433 e. The van der Waals surface area contributed by atoms with Gasteiger partial charge in [-0.3, -0.25) is 0 Å². The number of hydrogen-bond donors (Lipinski definition) is 2. The van der Waals surface area contributed by atoms with Gasteiger partial charge in [0.05, 0.1) is 17.1 Å². The highest BCUT2D eigenvalue weighted by molar-refractivity contribution is 14.1. The number of nitrogens with two attached hydrogens (primary N) is 1. The van der Waals surface area contributed by atoms with E-state index in [2.05, 4.69) is 32.6 Å². The summed E-state index contributed by atoms with van der Waals surface area (Å²) in [5, 5.41) is 2.99. The Morgan fingerprint density at radius 1 is 1.11 bits per heavy atom. The Balaban J connectivity index is 2.27. The van der Waals surface area contributed by atoms with Crippen molar-refractivity contribution in [2.24, 2.45) is 0 Å². The van der Waals surface area contributed by atoms with Gasteiger partial charge in [0, 0.05) is 3.57 Å². The number of benzene rings is 2. The molecule has 0 amide bonds. The molecular formula is C13H11F2IN2O. The van der Waals surface area contributed by atoms with E-state index < -0.39 is 6.61 Å². The number of rotatable bonds is 4. The van der Waals surface area contributed by atoms with Crippen molar-refractivity contribution in [1.29, 1.82) is 0 Å². The molecule has 19 heavy (non-hydrogen) atoms. The van der Waals surface area contributed by atoms with E-state index in [1.165, 1.54) is 6.07 Å². The summed E-state index contributed by atoms with van der Waals surface area (Å²) in [6, 6.07) is 11.9. The fraction of sp³-hybridized carbons (Fsp3) is 0.0769. The number of anilines is 3. The van der Waals surface area contributed by atoms with Crippen LogP contribution in [-0.2, 0) is 0 Å². The lowest BCUT2D eigenvalue weighted by Crippen LogP contribution is -2.05. The summed E-state index contributed by atoms with van der Waals surface area (Å²) in [5.74, 6) is 0.0791. The van der Waals surface area contributed by atoms with Gasteiger partial charge in [0.2, 0.25) is 0 Å². The summed E-state index contributed by atoms with van der Waals surface area (Å²) in [6.45, 7) is -2.86. The van der Waals surface area contributed by atoms with Crippen molar-refractivity contribution >= 4 is 39.7 Å². The van der Waals surface area contributed by atoms with E-state index >= 15 is 0 Å². The van der Waals surface area contributed by atoms with Gasteiger partial charge in [-0.15, -0.1) is 0 Å². The Kier molecular flexibility index (Phi) is 4.41. The molecule has 0 heterocycles. The predicted molar refractivity (Wildman–Crippen MR) is 79.9 cm³/mol. The fourth-order valence-corrected chi connectivity index (χ4v) is 2.08. The Morgan fingerprint density at radius 2 is 1.84 bits per heavy atom. The van der Waals surface area contributed by atoms with Gasteiger partial charge < -0.3 is 15.8 Å². The highest BCUT2D eigenvalue weighted by Crippen LogP contribution is 2.31. The average molecular weight is 376 g/mol. The molecule has 3 nitrogen and oxygen atoms in total. The van der Waals surface area contributed by atoms with Crippen molar-refractivity contribution in [2.75, 3.05) is 11.1 Å². The van der Waals surface area contributed by atoms with Crippen molar-refractivity contribution in [3.8, 4) is 5.75 Å². The molecule has 0 bridgehead atoms. The van der Waals surface area contributed by atoms with Gasteiger partial charge >= 0.3 is 6.61 Å². The van der Waals surface area contributed by atoms with Crippen molar-refractivity contribution in [3.05, 3.63) is 46.0 Å². The quantitative estimate of drug-likeness (QED) is 0.621. The van der Waals surface area contributed by atoms with Crippen LogP contribution in [0, 0.1) is 3.57 Å². The van der Waals surface area contributed by atoms with Crippen LogP contribution in [0.5, 0.6) is 5.75 Å². The maximum Gasteiger partial charge on any atom is 0.387 e. The molecule has 6 heteroatoms. The molecule has 2 aromatic rings. The molecule has 0 spiro atoms. The Morgan fingerprint density at radius 3 is 2.53 bits per heavy atom. The minimum atomic E-state index is -2.86. The van der Waals surface area contributed by atoms with Crippen LogP contribution < -0.4 is 15.8 Å². The molecule has 0 unspecified atom stereocenters. The summed E-state index contributed by atoms with van der Waals surface area (Å²) < 4.78 is 30.0. The van der Waals surface area contributed by atoms with Gasteiger partial charge in [-0.05, 0) is 52.9 Å². The molecule has 2 rings (SSSR count). The van der Waals surface area contributed by atoms with Crippen LogP contribution in [0.1, 0.15) is 0 Å². The van der Waals surface area contributed by atoms with Crippen LogP contribution in [0.25, 0.3) is 0 Å². The summed E-state index contributed by atoms with van der Waals surface area (Å²) in [6.07, 6.45) is 0. The molecule has 0 saturated heterocycles. The van der Waals surface area contributed by atoms with Crippen molar-refractivity contribution < 1.29 is 13.5 Å². The van der Waals surface area contributed by atoms with E-state index in [9.17, 15) is 8.78 Å². The van der Waals surface area contributed by atoms with Gasteiger partial charge in [0.25, 0.3) is 0 Å². The van der Waals surface area contributed by atoms with E-state index in [-0.39, 0.29) is 5.75 Å². The fourth-order valence-electron chi connectivity index (χ4n) is 1.56. The maximum atomic E-state index is 12.3.